The van der Waals surface area contributed by atoms with E-state index in [-0.39, 0.29) is 30.1 Å². The van der Waals surface area contributed by atoms with E-state index in [2.05, 4.69) is 23.9 Å². The molecule has 0 aliphatic carbocycles. The van der Waals surface area contributed by atoms with Crippen molar-refractivity contribution in [1.82, 2.24) is 9.21 Å². The van der Waals surface area contributed by atoms with Gasteiger partial charge in [0.05, 0.1) is 24.8 Å². The summed E-state index contributed by atoms with van der Waals surface area (Å²) in [6.07, 6.45) is 2.56. The zero-order valence-electron chi connectivity index (χ0n) is 23.2. The van der Waals surface area contributed by atoms with Crippen molar-refractivity contribution in [3.05, 3.63) is 47.0 Å². The Bertz CT molecular complexity index is 1180. The number of benzene rings is 2. The molecule has 0 radical (unpaired) electrons. The van der Waals surface area contributed by atoms with Crippen molar-refractivity contribution in [2.24, 2.45) is 0 Å². The maximum Gasteiger partial charge on any atom is 0.243 e. The second-order valence-corrected chi connectivity index (χ2v) is 12.1. The Labute approximate surface area is 222 Å². The van der Waals surface area contributed by atoms with E-state index >= 15 is 0 Å². The van der Waals surface area contributed by atoms with E-state index in [0.717, 1.165) is 42.9 Å². The minimum Gasteiger partial charge on any atom is -0.497 e. The summed E-state index contributed by atoms with van der Waals surface area (Å²) in [6.45, 7) is 5.55. The van der Waals surface area contributed by atoms with Crippen LogP contribution >= 0.6 is 0 Å². The predicted octanol–water partition coefficient (Wildman–Crippen LogP) is 3.67. The quantitative estimate of drug-likeness (QED) is 0.438. The number of ether oxygens (including phenoxy) is 2. The average Bonchev–Trinajstić information content (AvgIpc) is 2.86. The number of anilines is 1. The highest BCUT2D eigenvalue weighted by atomic mass is 32.2. The second-order valence-electron chi connectivity index (χ2n) is 10.1. The van der Waals surface area contributed by atoms with Gasteiger partial charge in [-0.25, -0.2) is 12.7 Å². The molecule has 2 aromatic carbocycles. The molecule has 0 spiro atoms. The van der Waals surface area contributed by atoms with E-state index in [1.165, 1.54) is 11.4 Å². The summed E-state index contributed by atoms with van der Waals surface area (Å²) in [5.41, 5.74) is 3.15. The molecule has 0 bridgehead atoms. The van der Waals surface area contributed by atoms with Crippen LogP contribution in [0.15, 0.2) is 35.2 Å². The van der Waals surface area contributed by atoms with E-state index in [9.17, 15) is 13.2 Å². The highest BCUT2D eigenvalue weighted by Gasteiger charge is 2.26. The van der Waals surface area contributed by atoms with E-state index in [1.807, 2.05) is 18.2 Å². The molecule has 37 heavy (non-hydrogen) atoms. The van der Waals surface area contributed by atoms with Crippen molar-refractivity contribution in [2.75, 3.05) is 59.9 Å². The third kappa shape index (κ3) is 6.83. The first kappa shape index (κ1) is 28.9. The van der Waals surface area contributed by atoms with Crippen LogP contribution in [-0.2, 0) is 21.2 Å². The summed E-state index contributed by atoms with van der Waals surface area (Å²) in [7, 11) is 5.24. The summed E-state index contributed by atoms with van der Waals surface area (Å²) in [4.78, 5) is 17.7. The molecule has 8 nitrogen and oxygen atoms in total. The molecule has 0 atom stereocenters. The van der Waals surface area contributed by atoms with Gasteiger partial charge >= 0.3 is 0 Å². The summed E-state index contributed by atoms with van der Waals surface area (Å²) < 4.78 is 38.6. The lowest BCUT2D eigenvalue weighted by molar-refractivity contribution is -0.118. The Balaban J connectivity index is 1.62. The van der Waals surface area contributed by atoms with Crippen LogP contribution in [0.4, 0.5) is 5.69 Å². The van der Waals surface area contributed by atoms with E-state index in [0.29, 0.717) is 22.9 Å². The first-order valence-corrected chi connectivity index (χ1v) is 14.1. The van der Waals surface area contributed by atoms with Crippen LogP contribution in [-0.4, -0.2) is 84.4 Å². The molecule has 1 aliphatic heterocycles. The van der Waals surface area contributed by atoms with Gasteiger partial charge in [-0.15, -0.1) is 0 Å². The molecular formula is C28H41N3O5S. The van der Waals surface area contributed by atoms with Gasteiger partial charge in [-0.2, -0.15) is 0 Å². The summed E-state index contributed by atoms with van der Waals surface area (Å²) in [5, 5.41) is 0. The summed E-state index contributed by atoms with van der Waals surface area (Å²) in [6, 6.07) is 9.94. The van der Waals surface area contributed by atoms with Gasteiger partial charge in [0.25, 0.3) is 0 Å². The number of sulfonamides is 1. The molecule has 0 N–H and O–H groups in total. The number of aryl methyl sites for hydroxylation is 2. The van der Waals surface area contributed by atoms with Crippen LogP contribution in [0.1, 0.15) is 36.0 Å². The first-order chi connectivity index (χ1) is 17.5. The van der Waals surface area contributed by atoms with Crippen molar-refractivity contribution >= 4 is 21.5 Å². The molecule has 0 amide bonds. The van der Waals surface area contributed by atoms with Crippen molar-refractivity contribution in [3.8, 4) is 11.5 Å². The molecule has 1 heterocycles. The number of ketones is 1. The molecule has 1 saturated heterocycles. The molecule has 0 aromatic heterocycles. The Morgan fingerprint density at radius 3 is 2.16 bits per heavy atom. The van der Waals surface area contributed by atoms with E-state index in [4.69, 9.17) is 9.47 Å². The monoisotopic (exact) mass is 531 g/mol. The SMILES string of the molecule is COc1cc(C)c(S(=O)(=O)N(C)CCC(=O)Cc2ccc(N3CCC(N(C)C)CC3)c(OC)c2)c(C)c1. The maximum absolute atomic E-state index is 13.2. The number of carbonyl (C=O) groups excluding carboxylic acids is 1. The molecule has 9 heteroatoms. The second kappa shape index (κ2) is 12.3. The van der Waals surface area contributed by atoms with Crippen molar-refractivity contribution in [3.63, 3.8) is 0 Å². The first-order valence-electron chi connectivity index (χ1n) is 12.7. The fourth-order valence-corrected chi connectivity index (χ4v) is 6.60. The minimum atomic E-state index is -3.73. The summed E-state index contributed by atoms with van der Waals surface area (Å²) in [5.74, 6) is 1.36. The van der Waals surface area contributed by atoms with Gasteiger partial charge < -0.3 is 19.3 Å². The lowest BCUT2D eigenvalue weighted by atomic mass is 10.0. The third-order valence-corrected chi connectivity index (χ3v) is 9.39. The van der Waals surface area contributed by atoms with Crippen LogP contribution < -0.4 is 14.4 Å². The number of carbonyl (C=O) groups is 1. The van der Waals surface area contributed by atoms with Gasteiger partial charge in [0, 0.05) is 45.6 Å². The van der Waals surface area contributed by atoms with E-state index in [1.54, 1.807) is 40.2 Å². The van der Waals surface area contributed by atoms with E-state index < -0.39 is 10.0 Å². The molecule has 3 rings (SSSR count). The largest absolute Gasteiger partial charge is 0.497 e. The normalized spacial score (nSPS) is 14.9. The van der Waals surface area contributed by atoms with Gasteiger partial charge in [-0.3, -0.25) is 4.79 Å². The maximum atomic E-state index is 13.2. The third-order valence-electron chi connectivity index (χ3n) is 7.22. The number of hydrogen-bond acceptors (Lipinski definition) is 7. The number of nitrogens with zero attached hydrogens (tertiary/aromatic N) is 3. The fraction of sp³-hybridized carbons (Fsp3) is 0.536. The molecule has 0 saturated carbocycles. The topological polar surface area (TPSA) is 79.4 Å². The molecule has 204 valence electrons. The number of rotatable bonds is 11. The lowest BCUT2D eigenvalue weighted by Gasteiger charge is -2.37. The lowest BCUT2D eigenvalue weighted by Crippen LogP contribution is -2.42. The number of methoxy groups -OCH3 is 2. The van der Waals surface area contributed by atoms with Crippen LogP contribution in [0, 0.1) is 13.8 Å². The molecule has 1 fully saturated rings. The van der Waals surface area contributed by atoms with Crippen LogP contribution in [0.3, 0.4) is 0 Å². The molecular weight excluding hydrogens is 490 g/mol. The van der Waals surface area contributed by atoms with Crippen molar-refractivity contribution in [2.45, 2.75) is 50.5 Å². The number of piperidine rings is 1. The van der Waals surface area contributed by atoms with Crippen LogP contribution in [0.25, 0.3) is 0 Å². The van der Waals surface area contributed by atoms with Crippen molar-refractivity contribution < 1.29 is 22.7 Å². The minimum absolute atomic E-state index is 0.0215. The van der Waals surface area contributed by atoms with Gasteiger partial charge in [0.15, 0.2) is 0 Å². The smallest absolute Gasteiger partial charge is 0.243 e. The molecule has 2 aromatic rings. The highest BCUT2D eigenvalue weighted by Crippen LogP contribution is 2.32. The molecule has 1 aliphatic rings. The van der Waals surface area contributed by atoms with Gasteiger partial charge in [-0.1, -0.05) is 6.07 Å². The van der Waals surface area contributed by atoms with Crippen LogP contribution in [0.5, 0.6) is 11.5 Å². The zero-order valence-corrected chi connectivity index (χ0v) is 24.0. The predicted molar refractivity (Wildman–Crippen MR) is 148 cm³/mol. The number of hydrogen-bond donors (Lipinski definition) is 0. The van der Waals surface area contributed by atoms with Gasteiger partial charge in [0.2, 0.25) is 10.0 Å². The number of Topliss-reactive ketones (excluding diaryl/α,β-unsaturated/α-hetero) is 1. The Morgan fingerprint density at radius 1 is 1.00 bits per heavy atom. The summed E-state index contributed by atoms with van der Waals surface area (Å²) >= 11 is 0. The Kier molecular flexibility index (Phi) is 9.61. The zero-order chi connectivity index (χ0) is 27.3. The molecule has 0 unspecified atom stereocenters. The standard InChI is InChI=1S/C28H41N3O5S/c1-20-16-25(35-6)17-21(2)28(20)37(33,34)30(5)13-12-24(32)18-22-8-9-26(27(19-22)36-7)31-14-10-23(11-15-31)29(3)4/h8-9,16-17,19,23H,10-15,18H2,1-7H3. The van der Waals surface area contributed by atoms with Gasteiger partial charge in [-0.05, 0) is 81.7 Å². The average molecular weight is 532 g/mol. The highest BCUT2D eigenvalue weighted by molar-refractivity contribution is 7.89. The van der Waals surface area contributed by atoms with Gasteiger partial charge in [0.1, 0.15) is 17.3 Å². The van der Waals surface area contributed by atoms with Crippen molar-refractivity contribution in [1.29, 1.82) is 0 Å². The Morgan fingerprint density at radius 2 is 1.62 bits per heavy atom. The Hall–Kier alpha value is -2.62. The van der Waals surface area contributed by atoms with Crippen LogP contribution in [0.2, 0.25) is 0 Å². The fourth-order valence-electron chi connectivity index (χ4n) is 5.03.